The van der Waals surface area contributed by atoms with Gasteiger partial charge in [-0.25, -0.2) is 4.79 Å². The van der Waals surface area contributed by atoms with Gasteiger partial charge in [0.15, 0.2) is 5.41 Å². The van der Waals surface area contributed by atoms with Crippen molar-refractivity contribution in [3.05, 3.63) is 29.8 Å². The van der Waals surface area contributed by atoms with Crippen LogP contribution in [0.15, 0.2) is 24.3 Å². The zero-order chi connectivity index (χ0) is 17.2. The van der Waals surface area contributed by atoms with Crippen LogP contribution in [0.4, 0.5) is 35.5 Å². The van der Waals surface area contributed by atoms with E-state index < -0.39 is 42.5 Å². The number of carbonyl (C=O) groups excluding carboxylic acids is 1. The van der Waals surface area contributed by atoms with Crippen molar-refractivity contribution in [1.82, 2.24) is 0 Å². The molecule has 1 rings (SSSR count). The van der Waals surface area contributed by atoms with Gasteiger partial charge in [0.1, 0.15) is 5.75 Å². The number of rotatable bonds is 4. The first-order valence-corrected chi connectivity index (χ1v) is 5.73. The van der Waals surface area contributed by atoms with E-state index in [0.717, 1.165) is 0 Å². The van der Waals surface area contributed by atoms with Crippen molar-refractivity contribution in [3.63, 3.8) is 0 Å². The molecule has 22 heavy (non-hydrogen) atoms. The highest BCUT2D eigenvalue weighted by atomic mass is 19.4. The predicted molar refractivity (Wildman–Crippen MR) is 61.0 cm³/mol. The zero-order valence-electron chi connectivity index (χ0n) is 10.8. The molecule has 1 aromatic rings. The van der Waals surface area contributed by atoms with Crippen LogP contribution in [0.25, 0.3) is 0 Å². The van der Waals surface area contributed by atoms with Gasteiger partial charge in [0, 0.05) is 6.42 Å². The Morgan fingerprint density at radius 1 is 1.00 bits per heavy atom. The molecule has 1 aromatic carbocycles. The molecule has 0 fully saturated rings. The number of benzene rings is 1. The van der Waals surface area contributed by atoms with Crippen LogP contribution in [0.1, 0.15) is 12.0 Å². The van der Waals surface area contributed by atoms with Crippen molar-refractivity contribution in [2.24, 2.45) is 5.73 Å². The molecule has 124 valence electrons. The molecule has 1 amide bonds. The standard InChI is InChI=1S/C12H10F7NO2/c13-6-5-10(11(14,15)16,12(17,18)19)7-1-3-8(4-2-7)22-9(20)21/h1-4H,5-6H2,(H2,20,21). The Hall–Kier alpha value is -2.00. The topological polar surface area (TPSA) is 52.3 Å². The van der Waals surface area contributed by atoms with Crippen molar-refractivity contribution < 1.29 is 40.3 Å². The molecule has 0 aliphatic rings. The molecule has 0 saturated carbocycles. The molecule has 0 atom stereocenters. The predicted octanol–water partition coefficient (Wildman–Crippen LogP) is 3.87. The SMILES string of the molecule is NC(=O)Oc1ccc(C(CCF)(C(F)(F)F)C(F)(F)F)cc1. The smallest absolute Gasteiger partial charge is 0.409 e. The molecule has 10 heteroatoms. The second-order valence-electron chi connectivity index (χ2n) is 4.29. The van der Waals surface area contributed by atoms with E-state index in [1.807, 2.05) is 0 Å². The average Bonchev–Trinajstić information content (AvgIpc) is 2.33. The Bertz CT molecular complexity index is 508. The van der Waals surface area contributed by atoms with Crippen LogP contribution in [0.3, 0.4) is 0 Å². The summed E-state index contributed by atoms with van der Waals surface area (Å²) in [7, 11) is 0. The summed E-state index contributed by atoms with van der Waals surface area (Å²) in [6.07, 6.45) is -14.6. The van der Waals surface area contributed by atoms with Crippen LogP contribution in [-0.2, 0) is 5.41 Å². The third-order valence-corrected chi connectivity index (χ3v) is 3.00. The Kier molecular flexibility index (Phi) is 4.93. The third kappa shape index (κ3) is 3.25. The average molecular weight is 333 g/mol. The third-order valence-electron chi connectivity index (χ3n) is 3.00. The van der Waals surface area contributed by atoms with E-state index in [4.69, 9.17) is 0 Å². The number of primary amides is 1. The summed E-state index contributed by atoms with van der Waals surface area (Å²) < 4.78 is 95.1. The largest absolute Gasteiger partial charge is 0.411 e. The van der Waals surface area contributed by atoms with Crippen LogP contribution >= 0.6 is 0 Å². The van der Waals surface area contributed by atoms with Crippen LogP contribution in [0, 0.1) is 0 Å². The normalized spacial score (nSPS) is 13.0. The summed E-state index contributed by atoms with van der Waals surface area (Å²) in [5.41, 5.74) is -0.890. The first-order valence-electron chi connectivity index (χ1n) is 5.73. The lowest BCUT2D eigenvalue weighted by Crippen LogP contribution is -2.54. The van der Waals surface area contributed by atoms with Crippen LogP contribution in [0.2, 0.25) is 0 Å². The molecule has 0 spiro atoms. The second-order valence-corrected chi connectivity index (χ2v) is 4.29. The van der Waals surface area contributed by atoms with Crippen molar-refractivity contribution in [1.29, 1.82) is 0 Å². The molecule has 0 aliphatic heterocycles. The Labute approximate surface area is 119 Å². The van der Waals surface area contributed by atoms with Crippen LogP contribution < -0.4 is 10.5 Å². The van der Waals surface area contributed by atoms with Crippen LogP contribution in [0.5, 0.6) is 5.75 Å². The summed E-state index contributed by atoms with van der Waals surface area (Å²) in [5.74, 6) is -0.338. The Morgan fingerprint density at radius 3 is 1.77 bits per heavy atom. The maximum atomic E-state index is 13.1. The molecule has 0 aliphatic carbocycles. The highest BCUT2D eigenvalue weighted by molar-refractivity contribution is 5.68. The highest BCUT2D eigenvalue weighted by Gasteiger charge is 2.71. The summed E-state index contributed by atoms with van der Waals surface area (Å²) in [6.45, 7) is -1.82. The molecular weight excluding hydrogens is 323 g/mol. The maximum Gasteiger partial charge on any atom is 0.409 e. The lowest BCUT2D eigenvalue weighted by molar-refractivity contribution is -0.306. The van der Waals surface area contributed by atoms with Gasteiger partial charge in [-0.15, -0.1) is 0 Å². The van der Waals surface area contributed by atoms with Gasteiger partial charge < -0.3 is 10.5 Å². The molecule has 0 heterocycles. The minimum absolute atomic E-state index is 0.338. The number of hydrogen-bond donors (Lipinski definition) is 1. The first kappa shape index (κ1) is 18.1. The van der Waals surface area contributed by atoms with Gasteiger partial charge in [0.25, 0.3) is 0 Å². The number of halogens is 7. The molecule has 0 unspecified atom stereocenters. The lowest BCUT2D eigenvalue weighted by Gasteiger charge is -2.37. The van der Waals surface area contributed by atoms with Crippen molar-refractivity contribution in [3.8, 4) is 5.75 Å². The number of nitrogens with two attached hydrogens (primary N) is 1. The first-order chi connectivity index (χ1) is 9.95. The fourth-order valence-corrected chi connectivity index (χ4v) is 1.98. The minimum Gasteiger partial charge on any atom is -0.411 e. The molecule has 0 bridgehead atoms. The summed E-state index contributed by atoms with van der Waals surface area (Å²) in [5, 5.41) is 0. The van der Waals surface area contributed by atoms with E-state index in [0.29, 0.717) is 24.3 Å². The van der Waals surface area contributed by atoms with Crippen LogP contribution in [-0.4, -0.2) is 25.1 Å². The molecule has 0 radical (unpaired) electrons. The zero-order valence-corrected chi connectivity index (χ0v) is 10.8. The molecular formula is C12H10F7NO2. The van der Waals surface area contributed by atoms with Gasteiger partial charge in [0.2, 0.25) is 0 Å². The lowest BCUT2D eigenvalue weighted by atomic mass is 9.76. The number of ether oxygens (including phenoxy) is 1. The van der Waals surface area contributed by atoms with Gasteiger partial charge in [-0.05, 0) is 17.7 Å². The summed E-state index contributed by atoms with van der Waals surface area (Å²) >= 11 is 0. The van der Waals surface area contributed by atoms with E-state index in [-0.39, 0.29) is 5.75 Å². The fourth-order valence-electron chi connectivity index (χ4n) is 1.98. The van der Waals surface area contributed by atoms with E-state index in [9.17, 15) is 35.5 Å². The number of amides is 1. The molecule has 0 aromatic heterocycles. The van der Waals surface area contributed by atoms with E-state index in [1.165, 1.54) is 0 Å². The van der Waals surface area contributed by atoms with Crippen molar-refractivity contribution >= 4 is 6.09 Å². The molecule has 0 saturated heterocycles. The van der Waals surface area contributed by atoms with Crippen molar-refractivity contribution in [2.75, 3.05) is 6.67 Å². The molecule has 3 nitrogen and oxygen atoms in total. The minimum atomic E-state index is -5.76. The maximum absolute atomic E-state index is 13.1. The number of alkyl halides is 7. The number of hydrogen-bond acceptors (Lipinski definition) is 2. The molecule has 2 N–H and O–H groups in total. The van der Waals surface area contributed by atoms with E-state index in [1.54, 1.807) is 0 Å². The monoisotopic (exact) mass is 333 g/mol. The van der Waals surface area contributed by atoms with Crippen molar-refractivity contribution in [2.45, 2.75) is 24.2 Å². The van der Waals surface area contributed by atoms with Gasteiger partial charge >= 0.3 is 18.4 Å². The van der Waals surface area contributed by atoms with Gasteiger partial charge in [0.05, 0.1) is 6.67 Å². The van der Waals surface area contributed by atoms with Gasteiger partial charge in [-0.2, -0.15) is 26.3 Å². The summed E-state index contributed by atoms with van der Waals surface area (Å²) in [4.78, 5) is 10.5. The van der Waals surface area contributed by atoms with Gasteiger partial charge in [-0.1, -0.05) is 12.1 Å². The Balaban J connectivity index is 3.42. The van der Waals surface area contributed by atoms with E-state index in [2.05, 4.69) is 10.5 Å². The summed E-state index contributed by atoms with van der Waals surface area (Å²) in [6, 6.07) is 2.36. The van der Waals surface area contributed by atoms with E-state index >= 15 is 0 Å². The van der Waals surface area contributed by atoms with Gasteiger partial charge in [-0.3, -0.25) is 4.39 Å². The number of carbonyl (C=O) groups is 1. The Morgan fingerprint density at radius 2 is 1.45 bits per heavy atom. The fraction of sp³-hybridized carbons (Fsp3) is 0.417. The quantitative estimate of drug-likeness (QED) is 0.851. The second kappa shape index (κ2) is 6.01. The highest BCUT2D eigenvalue weighted by Crippen LogP contribution is 2.54.